The predicted octanol–water partition coefficient (Wildman–Crippen LogP) is 2.58. The fourth-order valence-corrected chi connectivity index (χ4v) is 1.45. The van der Waals surface area contributed by atoms with Crippen LogP contribution in [0.2, 0.25) is 0 Å². The van der Waals surface area contributed by atoms with Gasteiger partial charge < -0.3 is 11.1 Å². The fraction of sp³-hybridized carbons (Fsp3) is 0.462. The van der Waals surface area contributed by atoms with Crippen LogP contribution in [0.3, 0.4) is 0 Å². The zero-order chi connectivity index (χ0) is 12.2. The van der Waals surface area contributed by atoms with E-state index in [-0.39, 0.29) is 11.4 Å². The molecule has 16 heavy (non-hydrogen) atoms. The first-order valence-corrected chi connectivity index (χ1v) is 5.69. The average Bonchev–Trinajstić information content (AvgIpc) is 2.29. The van der Waals surface area contributed by atoms with Crippen molar-refractivity contribution in [2.24, 2.45) is 0 Å². The first-order chi connectivity index (χ1) is 7.50. The monoisotopic (exact) mass is 220 g/mol. The molecule has 1 aromatic carbocycles. The summed E-state index contributed by atoms with van der Waals surface area (Å²) in [5, 5.41) is 3.04. The molecule has 1 rings (SSSR count). The number of rotatable bonds is 4. The minimum Gasteiger partial charge on any atom is -0.399 e. The number of nitrogens with one attached hydrogen (secondary N) is 1. The molecule has 88 valence electrons. The van der Waals surface area contributed by atoms with Gasteiger partial charge in [-0.15, -0.1) is 0 Å². The number of nitrogens with two attached hydrogens (primary N) is 1. The number of carbonyl (C=O) groups excluding carboxylic acids is 1. The summed E-state index contributed by atoms with van der Waals surface area (Å²) in [6.07, 6.45) is 1.83. The third-order valence-electron chi connectivity index (χ3n) is 3.12. The molecule has 0 saturated heterocycles. The van der Waals surface area contributed by atoms with Crippen molar-refractivity contribution in [1.82, 2.24) is 5.32 Å². The van der Waals surface area contributed by atoms with Gasteiger partial charge in [-0.3, -0.25) is 4.79 Å². The van der Waals surface area contributed by atoms with Crippen LogP contribution in [-0.2, 0) is 0 Å². The van der Waals surface area contributed by atoms with Crippen molar-refractivity contribution in [1.29, 1.82) is 0 Å². The summed E-state index contributed by atoms with van der Waals surface area (Å²) in [5.41, 5.74) is 6.74. The number of hydrogen-bond donors (Lipinski definition) is 2. The van der Waals surface area contributed by atoms with Crippen LogP contribution < -0.4 is 11.1 Å². The molecule has 0 spiro atoms. The second kappa shape index (κ2) is 5.01. The van der Waals surface area contributed by atoms with Crippen molar-refractivity contribution < 1.29 is 4.79 Å². The van der Waals surface area contributed by atoms with E-state index in [9.17, 15) is 4.79 Å². The van der Waals surface area contributed by atoms with Gasteiger partial charge >= 0.3 is 0 Å². The molecule has 0 atom stereocenters. The maximum Gasteiger partial charge on any atom is 0.251 e. The van der Waals surface area contributed by atoms with Crippen LogP contribution in [0.4, 0.5) is 5.69 Å². The summed E-state index contributed by atoms with van der Waals surface area (Å²) in [6.45, 7) is 6.20. The topological polar surface area (TPSA) is 55.1 Å². The quantitative estimate of drug-likeness (QED) is 0.766. The van der Waals surface area contributed by atoms with Gasteiger partial charge in [0.25, 0.3) is 5.91 Å². The van der Waals surface area contributed by atoms with E-state index in [1.54, 1.807) is 24.3 Å². The van der Waals surface area contributed by atoms with Crippen LogP contribution in [0.15, 0.2) is 24.3 Å². The van der Waals surface area contributed by atoms with Gasteiger partial charge in [0.05, 0.1) is 0 Å². The highest BCUT2D eigenvalue weighted by atomic mass is 16.1. The van der Waals surface area contributed by atoms with Crippen LogP contribution in [-0.4, -0.2) is 11.4 Å². The number of hydrogen-bond acceptors (Lipinski definition) is 2. The smallest absolute Gasteiger partial charge is 0.251 e. The Morgan fingerprint density at radius 2 is 2.00 bits per heavy atom. The lowest BCUT2D eigenvalue weighted by Crippen LogP contribution is -2.44. The van der Waals surface area contributed by atoms with Gasteiger partial charge in [-0.1, -0.05) is 19.9 Å². The molecule has 0 bridgehead atoms. The Hall–Kier alpha value is -1.51. The highest BCUT2D eigenvalue weighted by Gasteiger charge is 2.22. The molecular formula is C13H20N2O. The number of carbonyl (C=O) groups is 1. The predicted molar refractivity (Wildman–Crippen MR) is 67.3 cm³/mol. The van der Waals surface area contributed by atoms with E-state index in [1.165, 1.54) is 0 Å². The van der Waals surface area contributed by atoms with Gasteiger partial charge in [0.15, 0.2) is 0 Å². The molecule has 0 saturated carbocycles. The average molecular weight is 220 g/mol. The Labute approximate surface area is 97.0 Å². The summed E-state index contributed by atoms with van der Waals surface area (Å²) in [6, 6.07) is 7.04. The molecule has 0 heterocycles. The number of anilines is 1. The third kappa shape index (κ3) is 2.99. The second-order valence-electron chi connectivity index (χ2n) is 4.35. The highest BCUT2D eigenvalue weighted by molar-refractivity contribution is 5.95. The Morgan fingerprint density at radius 1 is 1.38 bits per heavy atom. The summed E-state index contributed by atoms with van der Waals surface area (Å²) >= 11 is 0. The first kappa shape index (κ1) is 12.6. The zero-order valence-corrected chi connectivity index (χ0v) is 10.2. The van der Waals surface area contributed by atoms with E-state index in [4.69, 9.17) is 5.73 Å². The molecule has 0 unspecified atom stereocenters. The maximum absolute atomic E-state index is 12.0. The minimum atomic E-state index is -0.137. The third-order valence-corrected chi connectivity index (χ3v) is 3.12. The van der Waals surface area contributed by atoms with Crippen molar-refractivity contribution in [2.75, 3.05) is 5.73 Å². The Morgan fingerprint density at radius 3 is 2.50 bits per heavy atom. The summed E-state index contributed by atoms with van der Waals surface area (Å²) in [4.78, 5) is 12.0. The van der Waals surface area contributed by atoms with Gasteiger partial charge in [-0.2, -0.15) is 0 Å². The lowest BCUT2D eigenvalue weighted by molar-refractivity contribution is 0.0901. The largest absolute Gasteiger partial charge is 0.399 e. The van der Waals surface area contributed by atoms with E-state index in [0.29, 0.717) is 11.3 Å². The number of benzene rings is 1. The van der Waals surface area contributed by atoms with E-state index in [1.807, 2.05) is 0 Å². The van der Waals surface area contributed by atoms with Crippen LogP contribution in [0.5, 0.6) is 0 Å². The number of nitrogen functional groups attached to an aromatic ring is 1. The molecule has 0 aliphatic rings. The standard InChI is InChI=1S/C13H20N2O/c1-4-13(3,5-2)15-12(16)10-7-6-8-11(14)9-10/h6-9H,4-5,14H2,1-3H3,(H,15,16). The van der Waals surface area contributed by atoms with Gasteiger partial charge in [0, 0.05) is 16.8 Å². The van der Waals surface area contributed by atoms with Gasteiger partial charge in [0.2, 0.25) is 0 Å². The first-order valence-electron chi connectivity index (χ1n) is 5.69. The summed E-state index contributed by atoms with van der Waals surface area (Å²) in [5.74, 6) is -0.0569. The Kier molecular flexibility index (Phi) is 3.93. The normalized spacial score (nSPS) is 11.2. The van der Waals surface area contributed by atoms with Gasteiger partial charge in [0.1, 0.15) is 0 Å². The van der Waals surface area contributed by atoms with E-state index >= 15 is 0 Å². The van der Waals surface area contributed by atoms with Crippen LogP contribution in [0.1, 0.15) is 44.0 Å². The highest BCUT2D eigenvalue weighted by Crippen LogP contribution is 2.15. The van der Waals surface area contributed by atoms with E-state index in [0.717, 1.165) is 12.8 Å². The minimum absolute atomic E-state index is 0.0569. The van der Waals surface area contributed by atoms with Crippen LogP contribution >= 0.6 is 0 Å². The molecule has 3 N–H and O–H groups in total. The van der Waals surface area contributed by atoms with Crippen LogP contribution in [0.25, 0.3) is 0 Å². The molecule has 0 aliphatic heterocycles. The van der Waals surface area contributed by atoms with Crippen LogP contribution in [0, 0.1) is 0 Å². The zero-order valence-electron chi connectivity index (χ0n) is 10.2. The molecule has 3 heteroatoms. The molecule has 0 aliphatic carbocycles. The van der Waals surface area contributed by atoms with E-state index < -0.39 is 0 Å². The summed E-state index contributed by atoms with van der Waals surface area (Å²) < 4.78 is 0. The van der Waals surface area contributed by atoms with Gasteiger partial charge in [-0.25, -0.2) is 0 Å². The maximum atomic E-state index is 12.0. The molecule has 0 fully saturated rings. The second-order valence-corrected chi connectivity index (χ2v) is 4.35. The van der Waals surface area contributed by atoms with Crippen molar-refractivity contribution in [3.05, 3.63) is 29.8 Å². The SMILES string of the molecule is CCC(C)(CC)NC(=O)c1cccc(N)c1. The molecular weight excluding hydrogens is 200 g/mol. The lowest BCUT2D eigenvalue weighted by Gasteiger charge is -2.28. The Bertz CT molecular complexity index is 370. The number of amides is 1. The molecule has 3 nitrogen and oxygen atoms in total. The Balaban J connectivity index is 2.80. The fourth-order valence-electron chi connectivity index (χ4n) is 1.45. The van der Waals surface area contributed by atoms with Crippen molar-refractivity contribution >= 4 is 11.6 Å². The lowest BCUT2D eigenvalue weighted by atomic mass is 9.95. The van der Waals surface area contributed by atoms with Crippen molar-refractivity contribution in [3.63, 3.8) is 0 Å². The molecule has 0 aromatic heterocycles. The van der Waals surface area contributed by atoms with Gasteiger partial charge in [-0.05, 0) is 38.0 Å². The van der Waals surface area contributed by atoms with Crippen molar-refractivity contribution in [2.45, 2.75) is 39.2 Å². The van der Waals surface area contributed by atoms with E-state index in [2.05, 4.69) is 26.1 Å². The summed E-state index contributed by atoms with van der Waals surface area (Å²) in [7, 11) is 0. The van der Waals surface area contributed by atoms with Crippen molar-refractivity contribution in [3.8, 4) is 0 Å². The molecule has 0 radical (unpaired) electrons. The molecule has 1 aromatic rings. The molecule has 1 amide bonds.